The van der Waals surface area contributed by atoms with Crippen molar-refractivity contribution in [1.29, 1.82) is 0 Å². The van der Waals surface area contributed by atoms with Crippen molar-refractivity contribution < 1.29 is 0 Å². The molecular weight excluding hydrogens is 298 g/mol. The molecule has 0 saturated carbocycles. The van der Waals surface area contributed by atoms with Crippen LogP contribution in [0.2, 0.25) is 0 Å². The molecule has 0 radical (unpaired) electrons. The summed E-state index contributed by atoms with van der Waals surface area (Å²) in [6, 6.07) is 18.1. The zero-order valence-corrected chi connectivity index (χ0v) is 12.7. The van der Waals surface area contributed by atoms with Gasteiger partial charge in [0.2, 0.25) is 0 Å². The van der Waals surface area contributed by atoms with Gasteiger partial charge >= 0.3 is 0 Å². The second-order valence-electron chi connectivity index (χ2n) is 5.24. The second kappa shape index (κ2) is 5.38. The third kappa shape index (κ3) is 2.69. The van der Waals surface area contributed by atoms with Crippen LogP contribution in [0.3, 0.4) is 0 Å². The lowest BCUT2D eigenvalue weighted by molar-refractivity contribution is 0.719. The molecule has 19 heavy (non-hydrogen) atoms. The summed E-state index contributed by atoms with van der Waals surface area (Å²) in [7, 11) is 0. The van der Waals surface area contributed by atoms with Crippen LogP contribution >= 0.6 is 15.9 Å². The number of hydrogen-bond acceptors (Lipinski definition) is 1. The lowest BCUT2D eigenvalue weighted by atomic mass is 10.0. The average Bonchev–Trinajstić information content (AvgIpc) is 2.89. The zero-order valence-electron chi connectivity index (χ0n) is 11.1. The van der Waals surface area contributed by atoms with Crippen molar-refractivity contribution in [2.75, 3.05) is 11.4 Å². The Labute approximate surface area is 123 Å². The molecule has 0 N–H and O–H groups in total. The maximum atomic E-state index is 3.58. The van der Waals surface area contributed by atoms with Crippen molar-refractivity contribution in [2.45, 2.75) is 25.8 Å². The molecule has 1 saturated heterocycles. The molecule has 98 valence electrons. The minimum atomic E-state index is 0.514. The Hall–Kier alpha value is -1.28. The van der Waals surface area contributed by atoms with E-state index in [-0.39, 0.29) is 0 Å². The highest BCUT2D eigenvalue weighted by Gasteiger charge is 2.26. The molecule has 0 bridgehead atoms. The number of aryl methyl sites for hydroxylation is 1. The molecule has 2 aromatic carbocycles. The van der Waals surface area contributed by atoms with Crippen LogP contribution in [0, 0.1) is 6.92 Å². The van der Waals surface area contributed by atoms with Crippen LogP contribution in [0.15, 0.2) is 53.0 Å². The van der Waals surface area contributed by atoms with E-state index in [9.17, 15) is 0 Å². The summed E-state index contributed by atoms with van der Waals surface area (Å²) >= 11 is 3.58. The molecule has 3 rings (SSSR count). The Morgan fingerprint density at radius 2 is 1.89 bits per heavy atom. The molecule has 0 aliphatic carbocycles. The van der Waals surface area contributed by atoms with Crippen molar-refractivity contribution in [3.63, 3.8) is 0 Å². The molecule has 1 heterocycles. The minimum Gasteiger partial charge on any atom is -0.364 e. The fourth-order valence-corrected chi connectivity index (χ4v) is 3.29. The van der Waals surface area contributed by atoms with E-state index in [4.69, 9.17) is 0 Å². The van der Waals surface area contributed by atoms with Crippen LogP contribution in [0.4, 0.5) is 5.69 Å². The number of anilines is 1. The van der Waals surface area contributed by atoms with Gasteiger partial charge in [-0.15, -0.1) is 0 Å². The topological polar surface area (TPSA) is 3.24 Å². The summed E-state index contributed by atoms with van der Waals surface area (Å²) < 4.78 is 1.17. The monoisotopic (exact) mass is 315 g/mol. The number of halogens is 1. The second-order valence-corrected chi connectivity index (χ2v) is 6.16. The van der Waals surface area contributed by atoms with E-state index in [1.807, 2.05) is 0 Å². The van der Waals surface area contributed by atoms with Gasteiger partial charge in [0.1, 0.15) is 0 Å². The first-order chi connectivity index (χ1) is 9.24. The first-order valence-electron chi connectivity index (χ1n) is 6.83. The van der Waals surface area contributed by atoms with E-state index in [2.05, 4.69) is 76.3 Å². The predicted octanol–water partition coefficient (Wildman–Crippen LogP) is 5.10. The van der Waals surface area contributed by atoms with Crippen molar-refractivity contribution in [2.24, 2.45) is 0 Å². The summed E-state index contributed by atoms with van der Waals surface area (Å²) in [6.45, 7) is 3.29. The first kappa shape index (κ1) is 12.7. The summed E-state index contributed by atoms with van der Waals surface area (Å²) in [5, 5.41) is 0. The summed E-state index contributed by atoms with van der Waals surface area (Å²) in [5.74, 6) is 0. The number of nitrogens with zero attached hydrogens (tertiary/aromatic N) is 1. The van der Waals surface area contributed by atoms with Gasteiger partial charge in [0, 0.05) is 16.7 Å². The fourth-order valence-electron chi connectivity index (χ4n) is 2.87. The zero-order chi connectivity index (χ0) is 13.2. The molecule has 2 aromatic rings. The Morgan fingerprint density at radius 3 is 2.63 bits per heavy atom. The van der Waals surface area contributed by atoms with E-state index in [1.165, 1.54) is 34.1 Å². The van der Waals surface area contributed by atoms with Gasteiger partial charge in [0.25, 0.3) is 0 Å². The predicted molar refractivity (Wildman–Crippen MR) is 84.6 cm³/mol. The van der Waals surface area contributed by atoms with Gasteiger partial charge in [-0.05, 0) is 49.6 Å². The van der Waals surface area contributed by atoms with Crippen molar-refractivity contribution in [1.82, 2.24) is 0 Å². The standard InChI is InChI=1S/C17H18BrN/c1-13-7-9-16(10-8-13)19-11-3-6-17(19)14-4-2-5-15(18)12-14/h2,4-5,7-10,12,17H,3,6,11H2,1H3. The Bertz CT molecular complexity index is 562. The van der Waals surface area contributed by atoms with Crippen molar-refractivity contribution in [3.05, 3.63) is 64.1 Å². The molecular formula is C17H18BrN. The molecule has 1 aliphatic rings. The van der Waals surface area contributed by atoms with E-state index in [1.54, 1.807) is 0 Å². The third-order valence-corrected chi connectivity index (χ3v) is 4.35. The third-order valence-electron chi connectivity index (χ3n) is 3.85. The van der Waals surface area contributed by atoms with E-state index >= 15 is 0 Å². The van der Waals surface area contributed by atoms with E-state index < -0.39 is 0 Å². The van der Waals surface area contributed by atoms with Gasteiger partial charge in [0.05, 0.1) is 6.04 Å². The highest BCUT2D eigenvalue weighted by Crippen LogP contribution is 2.36. The largest absolute Gasteiger partial charge is 0.364 e. The van der Waals surface area contributed by atoms with Crippen molar-refractivity contribution >= 4 is 21.6 Å². The molecule has 1 nitrogen and oxygen atoms in total. The molecule has 1 atom stereocenters. The van der Waals surface area contributed by atoms with Crippen LogP contribution < -0.4 is 4.90 Å². The highest BCUT2D eigenvalue weighted by molar-refractivity contribution is 9.10. The smallest absolute Gasteiger partial charge is 0.0543 e. The van der Waals surface area contributed by atoms with Gasteiger partial charge in [-0.2, -0.15) is 0 Å². The SMILES string of the molecule is Cc1ccc(N2CCCC2c2cccc(Br)c2)cc1. The molecule has 1 unspecified atom stereocenters. The Balaban J connectivity index is 1.91. The molecule has 0 spiro atoms. The van der Waals surface area contributed by atoms with Crippen LogP contribution in [-0.4, -0.2) is 6.54 Å². The summed E-state index contributed by atoms with van der Waals surface area (Å²) in [6.07, 6.45) is 2.51. The maximum absolute atomic E-state index is 3.58. The Kier molecular flexibility index (Phi) is 3.61. The van der Waals surface area contributed by atoms with Crippen LogP contribution in [0.5, 0.6) is 0 Å². The normalized spacial score (nSPS) is 18.8. The molecule has 2 heteroatoms. The molecule has 0 amide bonds. The molecule has 0 aromatic heterocycles. The fraction of sp³-hybridized carbons (Fsp3) is 0.294. The first-order valence-corrected chi connectivity index (χ1v) is 7.62. The number of rotatable bonds is 2. The van der Waals surface area contributed by atoms with Gasteiger partial charge in [-0.25, -0.2) is 0 Å². The summed E-state index contributed by atoms with van der Waals surface area (Å²) in [5.41, 5.74) is 4.07. The van der Waals surface area contributed by atoms with Crippen LogP contribution in [-0.2, 0) is 0 Å². The van der Waals surface area contributed by atoms with E-state index in [0.29, 0.717) is 6.04 Å². The van der Waals surface area contributed by atoms with Crippen LogP contribution in [0.1, 0.15) is 30.0 Å². The quantitative estimate of drug-likeness (QED) is 0.745. The number of benzene rings is 2. The maximum Gasteiger partial charge on any atom is 0.0543 e. The van der Waals surface area contributed by atoms with Crippen molar-refractivity contribution in [3.8, 4) is 0 Å². The van der Waals surface area contributed by atoms with Gasteiger partial charge in [-0.1, -0.05) is 45.8 Å². The van der Waals surface area contributed by atoms with Gasteiger partial charge < -0.3 is 4.90 Å². The average molecular weight is 316 g/mol. The number of hydrogen-bond donors (Lipinski definition) is 0. The summed E-state index contributed by atoms with van der Waals surface area (Å²) in [4.78, 5) is 2.53. The van der Waals surface area contributed by atoms with E-state index in [0.717, 1.165) is 6.54 Å². The minimum absolute atomic E-state index is 0.514. The molecule has 1 fully saturated rings. The highest BCUT2D eigenvalue weighted by atomic mass is 79.9. The lowest BCUT2D eigenvalue weighted by Crippen LogP contribution is -2.22. The lowest BCUT2D eigenvalue weighted by Gasteiger charge is -2.27. The van der Waals surface area contributed by atoms with Gasteiger partial charge in [0.15, 0.2) is 0 Å². The Morgan fingerprint density at radius 1 is 1.11 bits per heavy atom. The van der Waals surface area contributed by atoms with Gasteiger partial charge in [-0.3, -0.25) is 0 Å². The molecule has 1 aliphatic heterocycles. The van der Waals surface area contributed by atoms with Crippen LogP contribution in [0.25, 0.3) is 0 Å².